The first-order chi connectivity index (χ1) is 16.3. The van der Waals surface area contributed by atoms with Gasteiger partial charge in [-0.15, -0.1) is 0 Å². The summed E-state index contributed by atoms with van der Waals surface area (Å²) in [4.78, 5) is 48.2. The number of hydrogen-bond acceptors (Lipinski definition) is 8. The predicted molar refractivity (Wildman–Crippen MR) is 122 cm³/mol. The first kappa shape index (κ1) is 24.5. The minimum Gasteiger partial charge on any atom is -0.493 e. The van der Waals surface area contributed by atoms with Crippen molar-refractivity contribution >= 4 is 34.8 Å². The Morgan fingerprint density at radius 2 is 1.65 bits per heavy atom. The molecule has 11 nitrogen and oxygen atoms in total. The van der Waals surface area contributed by atoms with Crippen LogP contribution in [0, 0.1) is 16.0 Å². The summed E-state index contributed by atoms with van der Waals surface area (Å²) in [5.74, 6) is -1.48. The van der Waals surface area contributed by atoms with Crippen molar-refractivity contribution in [3.05, 3.63) is 52.1 Å². The molecular formula is C23H25N3O8. The van der Waals surface area contributed by atoms with Crippen LogP contribution < -0.4 is 20.1 Å². The number of ether oxygens (including phenoxy) is 3. The highest BCUT2D eigenvalue weighted by atomic mass is 16.6. The van der Waals surface area contributed by atoms with Crippen LogP contribution in [-0.2, 0) is 14.3 Å². The first-order valence-corrected chi connectivity index (χ1v) is 10.6. The van der Waals surface area contributed by atoms with Crippen molar-refractivity contribution in [1.29, 1.82) is 0 Å². The molecule has 1 saturated carbocycles. The van der Waals surface area contributed by atoms with Gasteiger partial charge in [0.25, 0.3) is 11.6 Å². The fraction of sp³-hybridized carbons (Fsp3) is 0.348. The molecule has 2 aromatic rings. The number of methoxy groups -OCH3 is 2. The molecule has 0 aromatic heterocycles. The van der Waals surface area contributed by atoms with Crippen LogP contribution in [0.5, 0.6) is 11.5 Å². The van der Waals surface area contributed by atoms with E-state index in [0.717, 1.165) is 25.7 Å². The Hall–Kier alpha value is -4.15. The number of nitrogens with one attached hydrogen (secondary N) is 2. The van der Waals surface area contributed by atoms with Gasteiger partial charge in [-0.05, 0) is 18.9 Å². The van der Waals surface area contributed by atoms with Crippen molar-refractivity contribution in [3.63, 3.8) is 0 Å². The lowest BCUT2D eigenvalue weighted by Gasteiger charge is -2.17. The van der Waals surface area contributed by atoms with Crippen LogP contribution in [0.2, 0.25) is 0 Å². The molecule has 34 heavy (non-hydrogen) atoms. The third-order valence-electron chi connectivity index (χ3n) is 5.44. The number of anilines is 2. The van der Waals surface area contributed by atoms with Crippen molar-refractivity contribution in [2.24, 2.45) is 5.92 Å². The number of hydrogen-bond donors (Lipinski definition) is 2. The smallest absolute Gasteiger partial charge is 0.340 e. The second kappa shape index (κ2) is 11.1. The highest BCUT2D eigenvalue weighted by molar-refractivity contribution is 6.04. The molecule has 0 saturated heterocycles. The zero-order valence-corrected chi connectivity index (χ0v) is 18.8. The summed E-state index contributed by atoms with van der Waals surface area (Å²) in [6, 6.07) is 8.40. The van der Waals surface area contributed by atoms with E-state index >= 15 is 0 Å². The molecule has 11 heteroatoms. The zero-order chi connectivity index (χ0) is 24.7. The maximum absolute atomic E-state index is 12.8. The molecule has 0 radical (unpaired) electrons. The fourth-order valence-corrected chi connectivity index (χ4v) is 3.71. The van der Waals surface area contributed by atoms with Gasteiger partial charge in [0.05, 0.1) is 30.4 Å². The van der Waals surface area contributed by atoms with Gasteiger partial charge in [0, 0.05) is 24.1 Å². The van der Waals surface area contributed by atoms with E-state index in [2.05, 4.69) is 10.6 Å². The van der Waals surface area contributed by atoms with E-state index in [4.69, 9.17) is 14.2 Å². The van der Waals surface area contributed by atoms with Crippen molar-refractivity contribution in [1.82, 2.24) is 0 Å². The van der Waals surface area contributed by atoms with Crippen LogP contribution in [-0.4, -0.2) is 43.5 Å². The Kier molecular flexibility index (Phi) is 8.01. The molecule has 1 aliphatic rings. The molecule has 0 aliphatic heterocycles. The van der Waals surface area contributed by atoms with Gasteiger partial charge in [-0.1, -0.05) is 25.0 Å². The maximum Gasteiger partial charge on any atom is 0.340 e. The average Bonchev–Trinajstić information content (AvgIpc) is 3.37. The van der Waals surface area contributed by atoms with E-state index in [-0.39, 0.29) is 40.2 Å². The molecule has 2 N–H and O–H groups in total. The molecular weight excluding hydrogens is 446 g/mol. The van der Waals surface area contributed by atoms with Gasteiger partial charge in [-0.25, -0.2) is 4.79 Å². The second-order valence-electron chi connectivity index (χ2n) is 7.62. The molecule has 1 aliphatic carbocycles. The van der Waals surface area contributed by atoms with Crippen LogP contribution in [0.3, 0.4) is 0 Å². The standard InChI is InChI=1S/C23H25N3O8/c1-32-19-11-15(17(12-20(19)33-2)25-22(28)14-7-3-4-8-14)23(29)34-13-21(27)24-16-9-5-6-10-18(16)26(30)31/h5-6,9-12,14H,3-4,7-8,13H2,1-2H3,(H,24,27)(H,25,28). The Morgan fingerprint density at radius 3 is 2.29 bits per heavy atom. The molecule has 0 heterocycles. The van der Waals surface area contributed by atoms with Crippen molar-refractivity contribution in [2.45, 2.75) is 25.7 Å². The van der Waals surface area contributed by atoms with E-state index in [1.807, 2.05) is 0 Å². The predicted octanol–water partition coefficient (Wildman–Crippen LogP) is 3.54. The number of nitro benzene ring substituents is 1. The summed E-state index contributed by atoms with van der Waals surface area (Å²) in [6.45, 7) is -0.699. The second-order valence-corrected chi connectivity index (χ2v) is 7.62. The molecule has 1 fully saturated rings. The Balaban J connectivity index is 1.75. The van der Waals surface area contributed by atoms with Crippen LogP contribution >= 0.6 is 0 Å². The van der Waals surface area contributed by atoms with Gasteiger partial charge in [0.1, 0.15) is 5.69 Å². The fourth-order valence-electron chi connectivity index (χ4n) is 3.71. The number of benzene rings is 2. The van der Waals surface area contributed by atoms with E-state index in [9.17, 15) is 24.5 Å². The summed E-state index contributed by atoms with van der Waals surface area (Å²) in [5.41, 5.74) is -0.177. The molecule has 0 atom stereocenters. The number of carbonyl (C=O) groups excluding carboxylic acids is 3. The summed E-state index contributed by atoms with van der Waals surface area (Å²) >= 11 is 0. The normalized spacial score (nSPS) is 13.1. The number of para-hydroxylation sites is 2. The number of nitro groups is 1. The molecule has 2 amide bonds. The minimum absolute atomic E-state index is 0.0239. The number of carbonyl (C=O) groups is 3. The minimum atomic E-state index is -0.889. The van der Waals surface area contributed by atoms with Gasteiger partial charge < -0.3 is 24.8 Å². The number of esters is 1. The van der Waals surface area contributed by atoms with Crippen LogP contribution in [0.1, 0.15) is 36.0 Å². The van der Waals surface area contributed by atoms with Gasteiger partial charge >= 0.3 is 5.97 Å². The highest BCUT2D eigenvalue weighted by Crippen LogP contribution is 2.35. The third-order valence-corrected chi connectivity index (χ3v) is 5.44. The summed E-state index contributed by atoms with van der Waals surface area (Å²) in [5, 5.41) is 16.2. The van der Waals surface area contributed by atoms with Crippen LogP contribution in [0.25, 0.3) is 0 Å². The lowest BCUT2D eigenvalue weighted by Crippen LogP contribution is -2.24. The van der Waals surface area contributed by atoms with Crippen LogP contribution in [0.4, 0.5) is 17.1 Å². The lowest BCUT2D eigenvalue weighted by molar-refractivity contribution is -0.383. The number of amides is 2. The van der Waals surface area contributed by atoms with E-state index in [1.54, 1.807) is 0 Å². The van der Waals surface area contributed by atoms with Gasteiger partial charge in [0.15, 0.2) is 18.1 Å². The quantitative estimate of drug-likeness (QED) is 0.321. The average molecular weight is 471 g/mol. The monoisotopic (exact) mass is 471 g/mol. The summed E-state index contributed by atoms with van der Waals surface area (Å²) in [7, 11) is 2.81. The van der Waals surface area contributed by atoms with E-state index in [1.165, 1.54) is 50.6 Å². The topological polar surface area (TPSA) is 146 Å². The van der Waals surface area contributed by atoms with Gasteiger partial charge in [-0.3, -0.25) is 19.7 Å². The van der Waals surface area contributed by atoms with Crippen molar-refractivity contribution < 1.29 is 33.5 Å². The zero-order valence-electron chi connectivity index (χ0n) is 18.8. The molecule has 180 valence electrons. The first-order valence-electron chi connectivity index (χ1n) is 10.6. The Labute approximate surface area is 195 Å². The maximum atomic E-state index is 12.8. The molecule has 2 aromatic carbocycles. The highest BCUT2D eigenvalue weighted by Gasteiger charge is 2.26. The number of nitrogens with zero attached hydrogens (tertiary/aromatic N) is 1. The lowest BCUT2D eigenvalue weighted by atomic mass is 10.1. The van der Waals surface area contributed by atoms with Crippen LogP contribution in [0.15, 0.2) is 36.4 Å². The third kappa shape index (κ3) is 5.80. The summed E-state index contributed by atoms with van der Waals surface area (Å²) in [6.07, 6.45) is 3.47. The molecule has 0 spiro atoms. The molecule has 0 bridgehead atoms. The van der Waals surface area contributed by atoms with Crippen molar-refractivity contribution in [2.75, 3.05) is 31.5 Å². The van der Waals surface area contributed by atoms with E-state index < -0.39 is 23.4 Å². The SMILES string of the molecule is COc1cc(NC(=O)C2CCCC2)c(C(=O)OCC(=O)Nc2ccccc2[N+](=O)[O-])cc1OC. The molecule has 3 rings (SSSR count). The Bertz CT molecular complexity index is 1100. The van der Waals surface area contributed by atoms with Gasteiger partial charge in [-0.2, -0.15) is 0 Å². The Morgan fingerprint density at radius 1 is 1.00 bits per heavy atom. The molecule has 0 unspecified atom stereocenters. The largest absolute Gasteiger partial charge is 0.493 e. The summed E-state index contributed by atoms with van der Waals surface area (Å²) < 4.78 is 15.6. The van der Waals surface area contributed by atoms with Gasteiger partial charge in [0.2, 0.25) is 5.91 Å². The van der Waals surface area contributed by atoms with E-state index in [0.29, 0.717) is 5.75 Å². The number of rotatable bonds is 9. The van der Waals surface area contributed by atoms with Crippen molar-refractivity contribution in [3.8, 4) is 11.5 Å².